The lowest BCUT2D eigenvalue weighted by molar-refractivity contribution is -0.131. The van der Waals surface area contributed by atoms with Crippen LogP contribution in [0.15, 0.2) is 0 Å². The molecular formula is C10H18O2. The van der Waals surface area contributed by atoms with Crippen LogP contribution in [0.2, 0.25) is 0 Å². The summed E-state index contributed by atoms with van der Waals surface area (Å²) in [5, 5.41) is 0. The zero-order valence-corrected chi connectivity index (χ0v) is 8.01. The molecule has 1 aliphatic carbocycles. The molecule has 0 aromatic carbocycles. The summed E-state index contributed by atoms with van der Waals surface area (Å²) >= 11 is 0. The number of ketones is 1. The molecule has 0 radical (unpaired) electrons. The van der Waals surface area contributed by atoms with Gasteiger partial charge in [0, 0.05) is 13.5 Å². The molecule has 1 unspecified atom stereocenters. The molecule has 12 heavy (non-hydrogen) atoms. The van der Waals surface area contributed by atoms with Gasteiger partial charge in [-0.15, -0.1) is 0 Å². The molecule has 0 aromatic rings. The highest BCUT2D eigenvalue weighted by Gasteiger charge is 2.28. The molecule has 1 atom stereocenters. The second kappa shape index (κ2) is 4.61. The topological polar surface area (TPSA) is 26.3 Å². The number of hydrogen-bond acceptors (Lipinski definition) is 2. The zero-order chi connectivity index (χ0) is 8.97. The second-order valence-corrected chi connectivity index (χ2v) is 3.52. The standard InChI is InChI=1S/C10H18O2/c1-3-9(11)10(12-2)8-6-4-5-7-8/h8,10H,3-7H2,1-2H3. The van der Waals surface area contributed by atoms with Gasteiger partial charge in [0.25, 0.3) is 0 Å². The molecule has 0 N–H and O–H groups in total. The van der Waals surface area contributed by atoms with Gasteiger partial charge in [-0.25, -0.2) is 0 Å². The summed E-state index contributed by atoms with van der Waals surface area (Å²) in [7, 11) is 1.65. The van der Waals surface area contributed by atoms with Crippen LogP contribution >= 0.6 is 0 Å². The first-order chi connectivity index (χ1) is 5.79. The SMILES string of the molecule is CCC(=O)C(OC)C1CCCC1. The molecule has 2 heteroatoms. The minimum absolute atomic E-state index is 0.113. The van der Waals surface area contributed by atoms with Gasteiger partial charge in [-0.2, -0.15) is 0 Å². The van der Waals surface area contributed by atoms with Crippen molar-refractivity contribution in [2.75, 3.05) is 7.11 Å². The van der Waals surface area contributed by atoms with Gasteiger partial charge in [0.1, 0.15) is 6.10 Å². The molecule has 0 heterocycles. The van der Waals surface area contributed by atoms with E-state index in [1.807, 2.05) is 6.92 Å². The fourth-order valence-corrected chi connectivity index (χ4v) is 2.05. The van der Waals surface area contributed by atoms with Crippen molar-refractivity contribution in [2.24, 2.45) is 5.92 Å². The van der Waals surface area contributed by atoms with E-state index in [0.717, 1.165) is 0 Å². The van der Waals surface area contributed by atoms with Crippen LogP contribution in [0.25, 0.3) is 0 Å². The normalized spacial score (nSPS) is 21.2. The number of ether oxygens (including phenoxy) is 1. The highest BCUT2D eigenvalue weighted by molar-refractivity contribution is 5.83. The molecule has 0 bridgehead atoms. The quantitative estimate of drug-likeness (QED) is 0.646. The summed E-state index contributed by atoms with van der Waals surface area (Å²) < 4.78 is 5.24. The first-order valence-corrected chi connectivity index (χ1v) is 4.85. The van der Waals surface area contributed by atoms with E-state index in [1.165, 1.54) is 25.7 Å². The monoisotopic (exact) mass is 170 g/mol. The molecule has 1 fully saturated rings. The number of carbonyl (C=O) groups excluding carboxylic acids is 1. The van der Waals surface area contributed by atoms with Gasteiger partial charge >= 0.3 is 0 Å². The number of methoxy groups -OCH3 is 1. The second-order valence-electron chi connectivity index (χ2n) is 3.52. The van der Waals surface area contributed by atoms with Gasteiger partial charge < -0.3 is 4.74 Å². The predicted octanol–water partition coefficient (Wildman–Crippen LogP) is 2.17. The van der Waals surface area contributed by atoms with E-state index in [4.69, 9.17) is 4.74 Å². The van der Waals surface area contributed by atoms with Crippen LogP contribution in [0, 0.1) is 5.92 Å². The van der Waals surface area contributed by atoms with Crippen LogP contribution in [0.1, 0.15) is 39.0 Å². The van der Waals surface area contributed by atoms with E-state index in [-0.39, 0.29) is 11.9 Å². The lowest BCUT2D eigenvalue weighted by atomic mass is 9.96. The fourth-order valence-electron chi connectivity index (χ4n) is 2.05. The van der Waals surface area contributed by atoms with Crippen molar-refractivity contribution in [1.29, 1.82) is 0 Å². The average molecular weight is 170 g/mol. The van der Waals surface area contributed by atoms with Gasteiger partial charge in [-0.1, -0.05) is 19.8 Å². The van der Waals surface area contributed by atoms with Crippen LogP contribution < -0.4 is 0 Å². The van der Waals surface area contributed by atoms with Gasteiger partial charge in [0.2, 0.25) is 0 Å². The summed E-state index contributed by atoms with van der Waals surface area (Å²) in [5.41, 5.74) is 0. The molecular weight excluding hydrogens is 152 g/mol. The third kappa shape index (κ3) is 2.07. The van der Waals surface area contributed by atoms with E-state index >= 15 is 0 Å². The van der Waals surface area contributed by atoms with Gasteiger partial charge in [-0.3, -0.25) is 4.79 Å². The Morgan fingerprint density at radius 2 is 2.08 bits per heavy atom. The van der Waals surface area contributed by atoms with Crippen molar-refractivity contribution < 1.29 is 9.53 Å². The Kier molecular flexibility index (Phi) is 3.73. The molecule has 70 valence electrons. The van der Waals surface area contributed by atoms with E-state index in [2.05, 4.69) is 0 Å². The minimum atomic E-state index is -0.113. The predicted molar refractivity (Wildman–Crippen MR) is 48.1 cm³/mol. The molecule has 1 aliphatic rings. The molecule has 0 aliphatic heterocycles. The van der Waals surface area contributed by atoms with Crippen molar-refractivity contribution in [2.45, 2.75) is 45.1 Å². The molecule has 0 aromatic heterocycles. The summed E-state index contributed by atoms with van der Waals surface area (Å²) in [6.07, 6.45) is 5.37. The maximum atomic E-state index is 11.4. The van der Waals surface area contributed by atoms with Crippen molar-refractivity contribution in [3.63, 3.8) is 0 Å². The zero-order valence-electron chi connectivity index (χ0n) is 8.01. The molecule has 1 saturated carbocycles. The van der Waals surface area contributed by atoms with E-state index in [1.54, 1.807) is 7.11 Å². The smallest absolute Gasteiger partial charge is 0.161 e. The number of hydrogen-bond donors (Lipinski definition) is 0. The van der Waals surface area contributed by atoms with Crippen LogP contribution in [-0.2, 0) is 9.53 Å². The maximum Gasteiger partial charge on any atom is 0.161 e. The van der Waals surface area contributed by atoms with Crippen molar-refractivity contribution >= 4 is 5.78 Å². The largest absolute Gasteiger partial charge is 0.373 e. The Labute approximate surface area is 74.3 Å². The Balaban J connectivity index is 2.48. The average Bonchev–Trinajstić information content (AvgIpc) is 2.58. The summed E-state index contributed by atoms with van der Waals surface area (Å²) in [4.78, 5) is 11.4. The van der Waals surface area contributed by atoms with Crippen LogP contribution in [0.4, 0.5) is 0 Å². The Bertz CT molecular complexity index is 148. The number of Topliss-reactive ketones (excluding diaryl/α,β-unsaturated/α-hetero) is 1. The van der Waals surface area contributed by atoms with Crippen LogP contribution in [-0.4, -0.2) is 19.0 Å². The lowest BCUT2D eigenvalue weighted by Crippen LogP contribution is -2.29. The van der Waals surface area contributed by atoms with Crippen molar-refractivity contribution in [3.8, 4) is 0 Å². The lowest BCUT2D eigenvalue weighted by Gasteiger charge is -2.19. The van der Waals surface area contributed by atoms with Crippen molar-refractivity contribution in [3.05, 3.63) is 0 Å². The molecule has 0 amide bonds. The van der Waals surface area contributed by atoms with E-state index in [0.29, 0.717) is 12.3 Å². The summed E-state index contributed by atoms with van der Waals surface area (Å²) in [5.74, 6) is 0.770. The van der Waals surface area contributed by atoms with Gasteiger partial charge in [-0.05, 0) is 18.8 Å². The highest BCUT2D eigenvalue weighted by atomic mass is 16.5. The first kappa shape index (κ1) is 9.72. The Morgan fingerprint density at radius 3 is 2.50 bits per heavy atom. The molecule has 0 saturated heterocycles. The molecule has 0 spiro atoms. The first-order valence-electron chi connectivity index (χ1n) is 4.85. The maximum absolute atomic E-state index is 11.4. The third-order valence-electron chi connectivity index (χ3n) is 2.75. The fraction of sp³-hybridized carbons (Fsp3) is 0.900. The Hall–Kier alpha value is -0.370. The number of carbonyl (C=O) groups is 1. The Morgan fingerprint density at radius 1 is 1.50 bits per heavy atom. The van der Waals surface area contributed by atoms with Crippen molar-refractivity contribution in [1.82, 2.24) is 0 Å². The summed E-state index contributed by atoms with van der Waals surface area (Å²) in [6.45, 7) is 1.91. The van der Waals surface area contributed by atoms with Crippen LogP contribution in [0.3, 0.4) is 0 Å². The van der Waals surface area contributed by atoms with E-state index in [9.17, 15) is 4.79 Å². The highest BCUT2D eigenvalue weighted by Crippen LogP contribution is 2.29. The summed E-state index contributed by atoms with van der Waals surface area (Å²) in [6, 6.07) is 0. The molecule has 1 rings (SSSR count). The third-order valence-corrected chi connectivity index (χ3v) is 2.75. The van der Waals surface area contributed by atoms with Crippen LogP contribution in [0.5, 0.6) is 0 Å². The number of rotatable bonds is 4. The van der Waals surface area contributed by atoms with Gasteiger partial charge in [0.05, 0.1) is 0 Å². The van der Waals surface area contributed by atoms with Gasteiger partial charge in [0.15, 0.2) is 5.78 Å². The molecule has 2 nitrogen and oxygen atoms in total. The van der Waals surface area contributed by atoms with E-state index < -0.39 is 0 Å². The minimum Gasteiger partial charge on any atom is -0.373 e.